The van der Waals surface area contributed by atoms with E-state index in [0.29, 0.717) is 11.6 Å². The highest BCUT2D eigenvalue weighted by Crippen LogP contribution is 2.20. The van der Waals surface area contributed by atoms with Crippen molar-refractivity contribution in [2.45, 2.75) is 10.6 Å². The Hall–Kier alpha value is -2.44. The van der Waals surface area contributed by atoms with Gasteiger partial charge in [0.2, 0.25) is 5.95 Å². The first-order chi connectivity index (χ1) is 11.6. The van der Waals surface area contributed by atoms with Crippen molar-refractivity contribution in [3.8, 4) is 0 Å². The molecule has 122 valence electrons. The molecule has 0 saturated heterocycles. The third-order valence-corrected chi connectivity index (χ3v) is 4.80. The van der Waals surface area contributed by atoms with Crippen LogP contribution < -0.4 is 11.1 Å². The van der Waals surface area contributed by atoms with E-state index in [0.717, 1.165) is 16.1 Å². The molecule has 0 saturated carbocycles. The number of nitrogens with two attached hydrogens (primary N) is 1. The van der Waals surface area contributed by atoms with Crippen LogP contribution in [0.5, 0.6) is 0 Å². The largest absolute Gasteiger partial charge is 0.368 e. The molecule has 1 heterocycles. The zero-order chi connectivity index (χ0) is 16.9. The summed E-state index contributed by atoms with van der Waals surface area (Å²) in [6.07, 6.45) is 0. The third kappa shape index (κ3) is 4.31. The Morgan fingerprint density at radius 2 is 1.83 bits per heavy atom. The number of rotatable bonds is 5. The summed E-state index contributed by atoms with van der Waals surface area (Å²) in [6.45, 7) is 0. The van der Waals surface area contributed by atoms with Gasteiger partial charge in [-0.3, -0.25) is 4.21 Å². The molecule has 0 aliphatic rings. The first-order valence-corrected chi connectivity index (χ1v) is 8.89. The summed E-state index contributed by atoms with van der Waals surface area (Å²) in [5.74, 6) is 1.05. The minimum atomic E-state index is -1.09. The predicted octanol–water partition coefficient (Wildman–Crippen LogP) is 3.76. The fourth-order valence-corrected chi connectivity index (χ4v) is 3.49. The van der Waals surface area contributed by atoms with Crippen molar-refractivity contribution >= 4 is 39.9 Å². The van der Waals surface area contributed by atoms with E-state index in [9.17, 15) is 4.21 Å². The molecule has 7 heteroatoms. The molecular weight excluding hydrogens is 344 g/mol. The fourth-order valence-electron chi connectivity index (χ4n) is 2.19. The van der Waals surface area contributed by atoms with E-state index in [2.05, 4.69) is 15.3 Å². The van der Waals surface area contributed by atoms with Crippen molar-refractivity contribution in [2.24, 2.45) is 0 Å². The molecule has 3 N–H and O–H groups in total. The minimum Gasteiger partial charge on any atom is -0.368 e. The van der Waals surface area contributed by atoms with Gasteiger partial charge < -0.3 is 11.1 Å². The first-order valence-electron chi connectivity index (χ1n) is 7.19. The summed E-state index contributed by atoms with van der Waals surface area (Å²) < 4.78 is 12.4. The number of nitrogens with one attached hydrogen (secondary N) is 1. The number of nitrogen functional groups attached to an aromatic ring is 1. The molecule has 2 aromatic carbocycles. The number of nitrogens with zero attached hydrogens (tertiary/aromatic N) is 2. The smallest absolute Gasteiger partial charge is 0.223 e. The average molecular weight is 359 g/mol. The summed E-state index contributed by atoms with van der Waals surface area (Å²) >= 11 is 5.87. The van der Waals surface area contributed by atoms with Crippen LogP contribution in [0.15, 0.2) is 65.6 Å². The molecular formula is C17H15ClN4OS. The van der Waals surface area contributed by atoms with Crippen molar-refractivity contribution in [2.75, 3.05) is 11.1 Å². The lowest BCUT2D eigenvalue weighted by Gasteiger charge is -2.09. The minimum absolute atomic E-state index is 0.103. The standard InChI is InChI=1S/C17H15ClN4OS/c18-15-10-16(22-17(19)21-15)20-13-6-4-5-12(9-13)11-24(23)14-7-2-1-3-8-14/h1-10H,11H2,(H3,19,20,21,22). The van der Waals surface area contributed by atoms with E-state index in [1.54, 1.807) is 6.07 Å². The molecule has 1 unspecified atom stereocenters. The topological polar surface area (TPSA) is 80.9 Å². The second-order valence-electron chi connectivity index (χ2n) is 5.06. The third-order valence-electron chi connectivity index (χ3n) is 3.22. The molecule has 5 nitrogen and oxygen atoms in total. The second kappa shape index (κ2) is 7.42. The Morgan fingerprint density at radius 1 is 1.04 bits per heavy atom. The molecule has 0 bridgehead atoms. The van der Waals surface area contributed by atoms with Gasteiger partial charge in [-0.25, -0.2) is 4.98 Å². The van der Waals surface area contributed by atoms with E-state index in [1.807, 2.05) is 54.6 Å². The lowest BCUT2D eigenvalue weighted by molar-refractivity contribution is 0.682. The van der Waals surface area contributed by atoms with Crippen LogP contribution in [0.25, 0.3) is 0 Å². The van der Waals surface area contributed by atoms with E-state index < -0.39 is 10.8 Å². The molecule has 0 aliphatic heterocycles. The first kappa shape index (κ1) is 16.4. The van der Waals surface area contributed by atoms with Gasteiger partial charge in [-0.2, -0.15) is 4.98 Å². The van der Waals surface area contributed by atoms with Gasteiger partial charge in [0.25, 0.3) is 0 Å². The van der Waals surface area contributed by atoms with Crippen molar-refractivity contribution in [3.63, 3.8) is 0 Å². The van der Waals surface area contributed by atoms with E-state index >= 15 is 0 Å². The summed E-state index contributed by atoms with van der Waals surface area (Å²) in [7, 11) is -1.09. The number of halogens is 1. The Bertz CT molecular complexity index is 853. The second-order valence-corrected chi connectivity index (χ2v) is 6.90. The van der Waals surface area contributed by atoms with Gasteiger partial charge in [-0.1, -0.05) is 41.9 Å². The highest BCUT2D eigenvalue weighted by Gasteiger charge is 2.06. The lowest BCUT2D eigenvalue weighted by Crippen LogP contribution is -2.01. The Morgan fingerprint density at radius 3 is 2.58 bits per heavy atom. The van der Waals surface area contributed by atoms with Crippen LogP contribution >= 0.6 is 11.6 Å². The highest BCUT2D eigenvalue weighted by molar-refractivity contribution is 7.84. The van der Waals surface area contributed by atoms with Crippen molar-refractivity contribution in [3.05, 3.63) is 71.4 Å². The summed E-state index contributed by atoms with van der Waals surface area (Å²) in [6, 6.07) is 18.6. The SMILES string of the molecule is Nc1nc(Cl)cc(Nc2cccc(CS(=O)c3ccccc3)c2)n1. The maximum Gasteiger partial charge on any atom is 0.223 e. The van der Waals surface area contributed by atoms with Crippen LogP contribution in [-0.2, 0) is 16.6 Å². The molecule has 3 aromatic rings. The van der Waals surface area contributed by atoms with Crippen molar-refractivity contribution in [1.82, 2.24) is 9.97 Å². The normalized spacial score (nSPS) is 11.9. The van der Waals surface area contributed by atoms with Crippen molar-refractivity contribution < 1.29 is 4.21 Å². The quantitative estimate of drug-likeness (QED) is 0.678. The van der Waals surface area contributed by atoms with Crippen LogP contribution in [0.3, 0.4) is 0 Å². The van der Waals surface area contributed by atoms with Gasteiger partial charge >= 0.3 is 0 Å². The van der Waals surface area contributed by atoms with E-state index in [1.165, 1.54) is 0 Å². The van der Waals surface area contributed by atoms with E-state index in [-0.39, 0.29) is 11.1 Å². The fraction of sp³-hybridized carbons (Fsp3) is 0.0588. The van der Waals surface area contributed by atoms with Crippen LogP contribution in [0.4, 0.5) is 17.5 Å². The van der Waals surface area contributed by atoms with Gasteiger partial charge in [0, 0.05) is 16.6 Å². The lowest BCUT2D eigenvalue weighted by atomic mass is 10.2. The number of anilines is 3. The van der Waals surface area contributed by atoms with Gasteiger partial charge in [0.15, 0.2) is 0 Å². The number of hydrogen-bond acceptors (Lipinski definition) is 5. The Balaban J connectivity index is 1.75. The Kier molecular flexibility index (Phi) is 5.08. The maximum atomic E-state index is 12.4. The van der Waals surface area contributed by atoms with E-state index in [4.69, 9.17) is 17.3 Å². The summed E-state index contributed by atoms with van der Waals surface area (Å²) in [5.41, 5.74) is 7.35. The monoisotopic (exact) mass is 358 g/mol. The van der Waals surface area contributed by atoms with Crippen LogP contribution in [-0.4, -0.2) is 14.2 Å². The Labute approximate surface area is 147 Å². The number of hydrogen-bond donors (Lipinski definition) is 2. The zero-order valence-electron chi connectivity index (χ0n) is 12.6. The van der Waals surface area contributed by atoms with Gasteiger partial charge in [0.05, 0.1) is 16.6 Å². The van der Waals surface area contributed by atoms with Crippen molar-refractivity contribution in [1.29, 1.82) is 0 Å². The van der Waals surface area contributed by atoms with Crippen LogP contribution in [0.2, 0.25) is 5.15 Å². The van der Waals surface area contributed by atoms with Crippen LogP contribution in [0, 0.1) is 0 Å². The molecule has 0 aliphatic carbocycles. The number of aromatic nitrogens is 2. The van der Waals surface area contributed by atoms with Gasteiger partial charge in [-0.15, -0.1) is 0 Å². The summed E-state index contributed by atoms with van der Waals surface area (Å²) in [4.78, 5) is 8.71. The summed E-state index contributed by atoms with van der Waals surface area (Å²) in [5, 5.41) is 3.39. The number of benzene rings is 2. The maximum absolute atomic E-state index is 12.4. The predicted molar refractivity (Wildman–Crippen MR) is 97.7 cm³/mol. The molecule has 0 spiro atoms. The molecule has 3 rings (SSSR count). The molecule has 0 radical (unpaired) electrons. The molecule has 0 amide bonds. The van der Waals surface area contributed by atoms with Gasteiger partial charge in [-0.05, 0) is 29.8 Å². The molecule has 1 atom stereocenters. The molecule has 24 heavy (non-hydrogen) atoms. The highest BCUT2D eigenvalue weighted by atomic mass is 35.5. The molecule has 1 aromatic heterocycles. The van der Waals surface area contributed by atoms with Crippen LogP contribution in [0.1, 0.15) is 5.56 Å². The molecule has 0 fully saturated rings. The average Bonchev–Trinajstić information content (AvgIpc) is 2.55. The zero-order valence-corrected chi connectivity index (χ0v) is 14.2. The van der Waals surface area contributed by atoms with Gasteiger partial charge in [0.1, 0.15) is 11.0 Å².